The summed E-state index contributed by atoms with van der Waals surface area (Å²) in [4.78, 5) is 13.5. The molecule has 0 atom stereocenters. The molecule has 0 aliphatic heterocycles. The summed E-state index contributed by atoms with van der Waals surface area (Å²) in [5.74, 6) is 0.848. The van der Waals surface area contributed by atoms with E-state index in [1.165, 1.54) is 16.6 Å². The molecule has 0 unspecified atom stereocenters. The monoisotopic (exact) mass is 440 g/mol. The molecule has 0 fully saturated rings. The van der Waals surface area contributed by atoms with Crippen molar-refractivity contribution in [3.63, 3.8) is 0 Å². The van der Waals surface area contributed by atoms with E-state index in [2.05, 4.69) is 52.3 Å². The van der Waals surface area contributed by atoms with Crippen LogP contribution in [-0.4, -0.2) is 26.4 Å². The minimum Gasteiger partial charge on any atom is -0.324 e. The second-order valence-electron chi connectivity index (χ2n) is 6.18. The SMILES string of the molecule is Cc1cc(-c2nnc(SCC(=O)Nc3ccc(Cl)cc3Cl)n2C(C)C)cs1. The molecule has 9 heteroatoms. The van der Waals surface area contributed by atoms with E-state index in [9.17, 15) is 4.79 Å². The highest BCUT2D eigenvalue weighted by atomic mass is 35.5. The third kappa shape index (κ3) is 4.85. The molecule has 0 radical (unpaired) electrons. The molecule has 0 saturated heterocycles. The van der Waals surface area contributed by atoms with E-state index in [-0.39, 0.29) is 17.7 Å². The van der Waals surface area contributed by atoms with E-state index in [1.807, 2.05) is 0 Å². The Hall–Kier alpha value is -1.54. The maximum absolute atomic E-state index is 12.3. The predicted octanol–water partition coefficient (Wildman–Crippen LogP) is 5.93. The molecule has 5 nitrogen and oxygen atoms in total. The molecule has 1 N–H and O–H groups in total. The Morgan fingerprint density at radius 1 is 1.30 bits per heavy atom. The number of hydrogen-bond acceptors (Lipinski definition) is 5. The summed E-state index contributed by atoms with van der Waals surface area (Å²) >= 11 is 15.0. The van der Waals surface area contributed by atoms with Gasteiger partial charge in [-0.2, -0.15) is 0 Å². The maximum atomic E-state index is 12.3. The van der Waals surface area contributed by atoms with Gasteiger partial charge in [-0.1, -0.05) is 35.0 Å². The van der Waals surface area contributed by atoms with E-state index >= 15 is 0 Å². The Labute approximate surface area is 176 Å². The smallest absolute Gasteiger partial charge is 0.234 e. The topological polar surface area (TPSA) is 59.8 Å². The van der Waals surface area contributed by atoms with E-state index in [0.717, 1.165) is 11.4 Å². The normalized spacial score (nSPS) is 11.2. The van der Waals surface area contributed by atoms with E-state index in [0.29, 0.717) is 20.9 Å². The van der Waals surface area contributed by atoms with E-state index < -0.39 is 0 Å². The van der Waals surface area contributed by atoms with Gasteiger partial charge in [0.25, 0.3) is 0 Å². The van der Waals surface area contributed by atoms with Crippen molar-refractivity contribution in [2.75, 3.05) is 11.1 Å². The number of hydrogen-bond donors (Lipinski definition) is 1. The number of rotatable bonds is 6. The molecular weight excluding hydrogens is 423 g/mol. The quantitative estimate of drug-likeness (QED) is 0.482. The molecule has 3 aromatic rings. The number of carbonyl (C=O) groups is 1. The number of aryl methyl sites for hydroxylation is 1. The zero-order valence-electron chi connectivity index (χ0n) is 15.0. The first-order chi connectivity index (χ1) is 12.8. The van der Waals surface area contributed by atoms with Crippen LogP contribution in [-0.2, 0) is 4.79 Å². The van der Waals surface area contributed by atoms with Crippen molar-refractivity contribution in [3.05, 3.63) is 44.6 Å². The van der Waals surface area contributed by atoms with E-state index in [4.69, 9.17) is 23.2 Å². The average Bonchev–Trinajstić information content (AvgIpc) is 3.21. The van der Waals surface area contributed by atoms with Gasteiger partial charge in [0.15, 0.2) is 11.0 Å². The zero-order chi connectivity index (χ0) is 19.6. The highest BCUT2D eigenvalue weighted by Gasteiger charge is 2.18. The highest BCUT2D eigenvalue weighted by Crippen LogP contribution is 2.30. The molecular formula is C18H18Cl2N4OS2. The van der Waals surface area contributed by atoms with Gasteiger partial charge in [-0.3, -0.25) is 9.36 Å². The third-order valence-corrected chi connectivity index (χ3v) is 6.06. The number of nitrogens with zero attached hydrogens (tertiary/aromatic N) is 3. The van der Waals surface area contributed by atoms with Crippen molar-refractivity contribution < 1.29 is 4.79 Å². The maximum Gasteiger partial charge on any atom is 0.234 e. The lowest BCUT2D eigenvalue weighted by atomic mass is 10.3. The first kappa shape index (κ1) is 20.2. The molecule has 1 aromatic carbocycles. The number of halogens is 2. The van der Waals surface area contributed by atoms with Gasteiger partial charge in [-0.15, -0.1) is 21.5 Å². The molecule has 0 bridgehead atoms. The first-order valence-corrected chi connectivity index (χ1v) is 10.9. The van der Waals surface area contributed by atoms with Crippen LogP contribution in [0.1, 0.15) is 24.8 Å². The lowest BCUT2D eigenvalue weighted by Gasteiger charge is -2.13. The summed E-state index contributed by atoms with van der Waals surface area (Å²) in [6, 6.07) is 7.22. The summed E-state index contributed by atoms with van der Waals surface area (Å²) in [6.45, 7) is 6.21. The number of amides is 1. The zero-order valence-corrected chi connectivity index (χ0v) is 18.1. The lowest BCUT2D eigenvalue weighted by molar-refractivity contribution is -0.113. The minimum absolute atomic E-state index is 0.171. The summed E-state index contributed by atoms with van der Waals surface area (Å²) in [5, 5.41) is 15.1. The molecule has 142 valence electrons. The molecule has 1 amide bonds. The summed E-state index contributed by atoms with van der Waals surface area (Å²) in [6.07, 6.45) is 0. The van der Waals surface area contributed by atoms with Crippen LogP contribution < -0.4 is 5.32 Å². The van der Waals surface area contributed by atoms with E-state index in [1.54, 1.807) is 29.5 Å². The average molecular weight is 441 g/mol. The number of thioether (sulfide) groups is 1. The number of anilines is 1. The predicted molar refractivity (Wildman–Crippen MR) is 114 cm³/mol. The van der Waals surface area contributed by atoms with Crippen LogP contribution in [0.5, 0.6) is 0 Å². The van der Waals surface area contributed by atoms with Crippen LogP contribution >= 0.6 is 46.3 Å². The van der Waals surface area contributed by atoms with Gasteiger partial charge in [-0.05, 0) is 45.0 Å². The van der Waals surface area contributed by atoms with Gasteiger partial charge in [0, 0.05) is 26.9 Å². The van der Waals surface area contributed by atoms with Gasteiger partial charge in [0.2, 0.25) is 5.91 Å². The van der Waals surface area contributed by atoms with Crippen molar-refractivity contribution in [1.82, 2.24) is 14.8 Å². The van der Waals surface area contributed by atoms with Gasteiger partial charge < -0.3 is 5.32 Å². The van der Waals surface area contributed by atoms with Crippen molar-refractivity contribution in [2.45, 2.75) is 32.0 Å². The van der Waals surface area contributed by atoms with Crippen molar-refractivity contribution in [1.29, 1.82) is 0 Å². The second-order valence-corrected chi connectivity index (χ2v) is 9.08. The fourth-order valence-corrected chi connectivity index (χ4v) is 4.51. The Morgan fingerprint density at radius 3 is 2.70 bits per heavy atom. The summed E-state index contributed by atoms with van der Waals surface area (Å²) < 4.78 is 2.05. The van der Waals surface area contributed by atoms with Gasteiger partial charge >= 0.3 is 0 Å². The molecule has 2 heterocycles. The highest BCUT2D eigenvalue weighted by molar-refractivity contribution is 7.99. The Morgan fingerprint density at radius 2 is 2.07 bits per heavy atom. The Kier molecular flexibility index (Phi) is 6.47. The van der Waals surface area contributed by atoms with Gasteiger partial charge in [-0.25, -0.2) is 0 Å². The summed E-state index contributed by atoms with van der Waals surface area (Å²) in [5.41, 5.74) is 1.58. The van der Waals surface area contributed by atoms with Crippen LogP contribution in [0.4, 0.5) is 5.69 Å². The van der Waals surface area contributed by atoms with Crippen molar-refractivity contribution >= 4 is 57.9 Å². The van der Waals surface area contributed by atoms with Crippen molar-refractivity contribution in [3.8, 4) is 11.4 Å². The number of carbonyl (C=O) groups excluding carboxylic acids is 1. The number of nitrogens with one attached hydrogen (secondary N) is 1. The Bertz CT molecular complexity index is 968. The fourth-order valence-electron chi connectivity index (χ4n) is 2.51. The third-order valence-electron chi connectivity index (χ3n) is 3.71. The minimum atomic E-state index is -0.171. The molecule has 3 rings (SSSR count). The van der Waals surface area contributed by atoms with Crippen LogP contribution in [0.3, 0.4) is 0 Å². The second kappa shape index (κ2) is 8.65. The molecule has 0 aliphatic rings. The number of benzene rings is 1. The van der Waals surface area contributed by atoms with Gasteiger partial charge in [0.1, 0.15) is 0 Å². The molecule has 0 spiro atoms. The fraction of sp³-hybridized carbons (Fsp3) is 0.278. The Balaban J connectivity index is 1.72. The summed E-state index contributed by atoms with van der Waals surface area (Å²) in [7, 11) is 0. The van der Waals surface area contributed by atoms with Crippen LogP contribution in [0.25, 0.3) is 11.4 Å². The van der Waals surface area contributed by atoms with Crippen LogP contribution in [0.15, 0.2) is 34.8 Å². The molecule has 27 heavy (non-hydrogen) atoms. The molecule has 0 saturated carbocycles. The standard InChI is InChI=1S/C18H18Cl2N4OS2/c1-10(2)24-17(12-6-11(3)26-8-12)22-23-18(24)27-9-16(25)21-15-5-4-13(19)7-14(15)20/h4-8,10H,9H2,1-3H3,(H,21,25). The number of aromatic nitrogens is 3. The van der Waals surface area contributed by atoms with Crippen LogP contribution in [0, 0.1) is 6.92 Å². The number of thiophene rings is 1. The first-order valence-electron chi connectivity index (χ1n) is 8.23. The van der Waals surface area contributed by atoms with Crippen molar-refractivity contribution in [2.24, 2.45) is 0 Å². The molecule has 2 aromatic heterocycles. The van der Waals surface area contributed by atoms with Gasteiger partial charge in [0.05, 0.1) is 16.5 Å². The van der Waals surface area contributed by atoms with Crippen LogP contribution in [0.2, 0.25) is 10.0 Å². The lowest BCUT2D eigenvalue weighted by Crippen LogP contribution is -2.15. The molecule has 0 aliphatic carbocycles. The largest absolute Gasteiger partial charge is 0.324 e.